The maximum Gasteiger partial charge on any atom is 0.262 e. The Bertz CT molecular complexity index is 1300. The third-order valence-corrected chi connectivity index (χ3v) is 6.74. The standard InChI is InChI=1S/C22H22ClN3O2S/c1-26(2)12-11-15-14-24-21-10-9-16(13-19(15)21)25-29(27,28)22-8-4-5-17-18(22)6-3-7-20(17)23/h3-10,13-14,24-25H,11-12H2,1-2H3. The summed E-state index contributed by atoms with van der Waals surface area (Å²) < 4.78 is 29.0. The molecule has 0 aliphatic heterocycles. The number of nitrogens with zero attached hydrogens (tertiary/aromatic N) is 1. The van der Waals surface area contributed by atoms with Crippen LogP contribution in [0, 0.1) is 0 Å². The summed E-state index contributed by atoms with van der Waals surface area (Å²) in [6, 6.07) is 15.9. The Morgan fingerprint density at radius 3 is 2.55 bits per heavy atom. The molecule has 0 bridgehead atoms. The van der Waals surface area contributed by atoms with E-state index in [0.29, 0.717) is 21.5 Å². The van der Waals surface area contributed by atoms with E-state index in [-0.39, 0.29) is 4.90 Å². The number of halogens is 1. The molecule has 0 fully saturated rings. The number of rotatable bonds is 6. The molecule has 0 atom stereocenters. The number of fused-ring (bicyclic) bond motifs is 2. The summed E-state index contributed by atoms with van der Waals surface area (Å²) in [5.74, 6) is 0. The van der Waals surface area contributed by atoms with Gasteiger partial charge in [0.25, 0.3) is 10.0 Å². The first-order valence-corrected chi connectivity index (χ1v) is 11.2. The van der Waals surface area contributed by atoms with Gasteiger partial charge in [-0.2, -0.15) is 0 Å². The summed E-state index contributed by atoms with van der Waals surface area (Å²) in [6.07, 6.45) is 2.87. The third kappa shape index (κ3) is 3.96. The Balaban J connectivity index is 1.71. The molecule has 29 heavy (non-hydrogen) atoms. The van der Waals surface area contributed by atoms with Crippen molar-refractivity contribution < 1.29 is 8.42 Å². The van der Waals surface area contributed by atoms with Crippen LogP contribution in [-0.2, 0) is 16.4 Å². The lowest BCUT2D eigenvalue weighted by Crippen LogP contribution is -2.15. The number of aromatic nitrogens is 1. The molecule has 2 N–H and O–H groups in total. The zero-order chi connectivity index (χ0) is 20.6. The fourth-order valence-corrected chi connectivity index (χ4v) is 4.99. The van der Waals surface area contributed by atoms with Crippen molar-refractivity contribution in [1.82, 2.24) is 9.88 Å². The molecule has 0 unspecified atom stereocenters. The fourth-order valence-electron chi connectivity index (χ4n) is 3.48. The fraction of sp³-hybridized carbons (Fsp3) is 0.182. The zero-order valence-corrected chi connectivity index (χ0v) is 17.8. The van der Waals surface area contributed by atoms with Gasteiger partial charge >= 0.3 is 0 Å². The van der Waals surface area contributed by atoms with Gasteiger partial charge in [0.1, 0.15) is 0 Å². The van der Waals surface area contributed by atoms with Crippen molar-refractivity contribution in [2.24, 2.45) is 0 Å². The lowest BCUT2D eigenvalue weighted by atomic mass is 10.1. The maximum absolute atomic E-state index is 13.1. The van der Waals surface area contributed by atoms with Gasteiger partial charge in [0.15, 0.2) is 0 Å². The van der Waals surface area contributed by atoms with Crippen LogP contribution in [0.2, 0.25) is 5.02 Å². The molecule has 7 heteroatoms. The first-order valence-electron chi connectivity index (χ1n) is 9.30. The number of likely N-dealkylation sites (N-methyl/N-ethyl adjacent to an activating group) is 1. The molecule has 0 spiro atoms. The summed E-state index contributed by atoms with van der Waals surface area (Å²) in [5.41, 5.74) is 2.67. The summed E-state index contributed by atoms with van der Waals surface area (Å²) in [6.45, 7) is 0.916. The van der Waals surface area contributed by atoms with E-state index in [1.807, 2.05) is 38.5 Å². The molecule has 0 saturated carbocycles. The van der Waals surface area contributed by atoms with E-state index in [2.05, 4.69) is 14.6 Å². The van der Waals surface area contributed by atoms with Crippen LogP contribution in [0.5, 0.6) is 0 Å². The van der Waals surface area contributed by atoms with E-state index in [1.165, 1.54) is 0 Å². The van der Waals surface area contributed by atoms with Crippen molar-refractivity contribution in [2.75, 3.05) is 25.4 Å². The largest absolute Gasteiger partial charge is 0.361 e. The van der Waals surface area contributed by atoms with Crippen molar-refractivity contribution in [1.29, 1.82) is 0 Å². The molecule has 0 aliphatic carbocycles. The number of H-pyrrole nitrogens is 1. The highest BCUT2D eigenvalue weighted by Crippen LogP contribution is 2.30. The van der Waals surface area contributed by atoms with E-state index in [1.54, 1.807) is 36.4 Å². The van der Waals surface area contributed by atoms with Gasteiger partial charge in [-0.05, 0) is 56.4 Å². The van der Waals surface area contributed by atoms with Crippen LogP contribution < -0.4 is 4.72 Å². The number of hydrogen-bond acceptors (Lipinski definition) is 3. The minimum atomic E-state index is -3.77. The van der Waals surface area contributed by atoms with Gasteiger partial charge in [-0.3, -0.25) is 4.72 Å². The lowest BCUT2D eigenvalue weighted by Gasteiger charge is -2.12. The molecular formula is C22H22ClN3O2S. The molecule has 150 valence electrons. The summed E-state index contributed by atoms with van der Waals surface area (Å²) in [5, 5.41) is 2.86. The van der Waals surface area contributed by atoms with Crippen LogP contribution in [0.15, 0.2) is 65.7 Å². The van der Waals surface area contributed by atoms with Crippen LogP contribution >= 0.6 is 11.6 Å². The number of sulfonamides is 1. The normalized spacial score (nSPS) is 12.1. The highest BCUT2D eigenvalue weighted by molar-refractivity contribution is 7.93. The minimum absolute atomic E-state index is 0.208. The van der Waals surface area contributed by atoms with Gasteiger partial charge < -0.3 is 9.88 Å². The second-order valence-electron chi connectivity index (χ2n) is 7.32. The highest BCUT2D eigenvalue weighted by Gasteiger charge is 2.18. The first-order chi connectivity index (χ1) is 13.8. The number of benzene rings is 3. The number of anilines is 1. The van der Waals surface area contributed by atoms with Gasteiger partial charge in [0.2, 0.25) is 0 Å². The number of nitrogens with one attached hydrogen (secondary N) is 2. The molecule has 5 nitrogen and oxygen atoms in total. The van der Waals surface area contributed by atoms with Gasteiger partial charge in [0, 0.05) is 45.1 Å². The molecule has 0 aliphatic rings. The highest BCUT2D eigenvalue weighted by atomic mass is 35.5. The molecular weight excluding hydrogens is 406 g/mol. The Hall–Kier alpha value is -2.54. The Morgan fingerprint density at radius 2 is 1.76 bits per heavy atom. The second-order valence-corrected chi connectivity index (χ2v) is 9.38. The molecule has 0 amide bonds. The van der Waals surface area contributed by atoms with Crippen molar-refractivity contribution in [3.05, 3.63) is 71.4 Å². The van der Waals surface area contributed by atoms with Crippen LogP contribution in [0.1, 0.15) is 5.56 Å². The van der Waals surface area contributed by atoms with Gasteiger partial charge in [0.05, 0.1) is 4.90 Å². The van der Waals surface area contributed by atoms with E-state index in [4.69, 9.17) is 11.6 Å². The van der Waals surface area contributed by atoms with Crippen LogP contribution in [0.3, 0.4) is 0 Å². The molecule has 1 heterocycles. The molecule has 4 aromatic rings. The van der Waals surface area contributed by atoms with Crippen LogP contribution in [0.25, 0.3) is 21.7 Å². The monoisotopic (exact) mass is 427 g/mol. The number of hydrogen-bond donors (Lipinski definition) is 2. The van der Waals surface area contributed by atoms with Crippen LogP contribution in [0.4, 0.5) is 5.69 Å². The summed E-state index contributed by atoms with van der Waals surface area (Å²) >= 11 is 6.24. The van der Waals surface area contributed by atoms with Crippen LogP contribution in [-0.4, -0.2) is 38.9 Å². The number of aromatic amines is 1. The second kappa shape index (κ2) is 7.71. The van der Waals surface area contributed by atoms with Crippen molar-refractivity contribution >= 4 is 49.0 Å². The third-order valence-electron chi connectivity index (χ3n) is 4.97. The molecule has 0 saturated heterocycles. The van der Waals surface area contributed by atoms with E-state index in [0.717, 1.165) is 29.4 Å². The first kappa shape index (κ1) is 19.8. The summed E-state index contributed by atoms with van der Waals surface area (Å²) in [7, 11) is 0.291. The maximum atomic E-state index is 13.1. The minimum Gasteiger partial charge on any atom is -0.361 e. The van der Waals surface area contributed by atoms with E-state index >= 15 is 0 Å². The quantitative estimate of drug-likeness (QED) is 0.461. The van der Waals surface area contributed by atoms with Crippen molar-refractivity contribution in [3.63, 3.8) is 0 Å². The smallest absolute Gasteiger partial charge is 0.262 e. The van der Waals surface area contributed by atoms with Gasteiger partial charge in [-0.25, -0.2) is 8.42 Å². The predicted molar refractivity (Wildman–Crippen MR) is 120 cm³/mol. The summed E-state index contributed by atoms with van der Waals surface area (Å²) in [4.78, 5) is 5.58. The Morgan fingerprint density at radius 1 is 1.00 bits per heavy atom. The van der Waals surface area contributed by atoms with Crippen molar-refractivity contribution in [2.45, 2.75) is 11.3 Å². The molecule has 1 aromatic heterocycles. The molecule has 4 rings (SSSR count). The van der Waals surface area contributed by atoms with Gasteiger partial charge in [-0.1, -0.05) is 35.9 Å². The van der Waals surface area contributed by atoms with Crippen molar-refractivity contribution in [3.8, 4) is 0 Å². The molecule has 0 radical (unpaired) electrons. The SMILES string of the molecule is CN(C)CCc1c[nH]c2ccc(NS(=O)(=O)c3cccc4c(Cl)cccc34)cc12. The topological polar surface area (TPSA) is 65.2 Å². The van der Waals surface area contributed by atoms with E-state index < -0.39 is 10.0 Å². The zero-order valence-electron chi connectivity index (χ0n) is 16.2. The average Bonchev–Trinajstić information content (AvgIpc) is 3.08. The predicted octanol–water partition coefficient (Wildman–Crippen LogP) is 4.88. The molecule has 3 aromatic carbocycles. The average molecular weight is 428 g/mol. The lowest BCUT2D eigenvalue weighted by molar-refractivity contribution is 0.414. The Labute approximate surface area is 175 Å². The van der Waals surface area contributed by atoms with Gasteiger partial charge in [-0.15, -0.1) is 0 Å². The van der Waals surface area contributed by atoms with E-state index in [9.17, 15) is 8.42 Å². The Kier molecular flexibility index (Phi) is 5.25.